The monoisotopic (exact) mass is 561 g/mol. The van der Waals surface area contributed by atoms with Gasteiger partial charge in [-0.2, -0.15) is 5.26 Å². The van der Waals surface area contributed by atoms with E-state index < -0.39 is 41.0 Å². The fourth-order valence-electron chi connectivity index (χ4n) is 5.23. The van der Waals surface area contributed by atoms with E-state index in [1.807, 2.05) is 20.8 Å². The highest BCUT2D eigenvalue weighted by atomic mass is 35.5. The van der Waals surface area contributed by atoms with Gasteiger partial charge >= 0.3 is 0 Å². The first-order valence-electron chi connectivity index (χ1n) is 11.8. The molecule has 6 nitrogen and oxygen atoms in total. The van der Waals surface area contributed by atoms with Gasteiger partial charge in [-0.25, -0.2) is 13.8 Å². The highest BCUT2D eigenvalue weighted by Crippen LogP contribution is 2.52. The molecule has 0 spiro atoms. The first-order valence-corrected chi connectivity index (χ1v) is 12.5. The molecular weight excluding hydrogens is 531 g/mol. The lowest BCUT2D eigenvalue weighted by Gasteiger charge is -2.37. The third-order valence-corrected chi connectivity index (χ3v) is 7.27. The zero-order valence-corrected chi connectivity index (χ0v) is 22.1. The summed E-state index contributed by atoms with van der Waals surface area (Å²) in [5, 5.41) is 16.9. The molecule has 2 heterocycles. The van der Waals surface area contributed by atoms with Crippen LogP contribution in [0.2, 0.25) is 10.0 Å². The van der Waals surface area contributed by atoms with E-state index in [0.29, 0.717) is 12.1 Å². The van der Waals surface area contributed by atoms with Crippen LogP contribution in [0.5, 0.6) is 0 Å². The Kier molecular flexibility index (Phi) is 8.87. The number of hydrogen-bond acceptors (Lipinski definition) is 4. The molecule has 1 saturated heterocycles. The number of rotatable bonds is 6. The van der Waals surface area contributed by atoms with E-state index in [2.05, 4.69) is 26.7 Å². The van der Waals surface area contributed by atoms with Crippen LogP contribution in [0.1, 0.15) is 57.4 Å². The SMILES string of the molecule is C.CC(C)(C)C[C@@H]1N[C@@H](C(=O)NCc2cnc[nH]2)[C@H](c2cccc(Cl)c2F)[C@@]1(C#N)c1ccc(Cl)cc1F. The van der Waals surface area contributed by atoms with E-state index in [-0.39, 0.29) is 40.6 Å². The minimum Gasteiger partial charge on any atom is -0.349 e. The summed E-state index contributed by atoms with van der Waals surface area (Å²) in [6, 6.07) is 9.03. The molecule has 4 rings (SSSR count). The predicted molar refractivity (Wildman–Crippen MR) is 145 cm³/mol. The lowest BCUT2D eigenvalue weighted by Crippen LogP contribution is -2.45. The van der Waals surface area contributed by atoms with Gasteiger partial charge in [-0.15, -0.1) is 0 Å². The number of carbonyl (C=O) groups is 1. The number of aromatic amines is 1. The van der Waals surface area contributed by atoms with E-state index in [9.17, 15) is 10.1 Å². The maximum atomic E-state index is 15.6. The van der Waals surface area contributed by atoms with Gasteiger partial charge in [-0.3, -0.25) is 4.79 Å². The largest absolute Gasteiger partial charge is 0.349 e. The first kappa shape index (κ1) is 29.6. The molecule has 3 aromatic rings. The van der Waals surface area contributed by atoms with Crippen molar-refractivity contribution < 1.29 is 13.6 Å². The molecule has 4 atom stereocenters. The Hall–Kier alpha value is -2.99. The van der Waals surface area contributed by atoms with Crippen LogP contribution in [0, 0.1) is 28.4 Å². The quantitative estimate of drug-likeness (QED) is 0.330. The zero-order chi connectivity index (χ0) is 27.0. The molecule has 1 aliphatic rings. The second-order valence-corrected chi connectivity index (χ2v) is 11.3. The van der Waals surface area contributed by atoms with E-state index in [1.54, 1.807) is 12.3 Å². The fraction of sp³-hybridized carbons (Fsp3) is 0.393. The Balaban J connectivity index is 0.00000400. The van der Waals surface area contributed by atoms with E-state index in [0.717, 1.165) is 6.07 Å². The van der Waals surface area contributed by atoms with Crippen molar-refractivity contribution in [3.05, 3.63) is 87.4 Å². The van der Waals surface area contributed by atoms with Crippen LogP contribution in [0.15, 0.2) is 48.9 Å². The molecule has 0 aliphatic carbocycles. The molecule has 10 heteroatoms. The smallest absolute Gasteiger partial charge is 0.238 e. The van der Waals surface area contributed by atoms with Crippen molar-refractivity contribution in [2.45, 2.75) is 64.6 Å². The van der Waals surface area contributed by atoms with Crippen molar-refractivity contribution in [2.75, 3.05) is 0 Å². The standard InChI is InChI=1S/C27H27Cl2F2N5O.CH4/c1-26(2,3)10-21-27(13-32,18-8-7-15(28)9-20(18)30)22(17-5-4-6-19(29)23(17)31)24(36-21)25(37)34-12-16-11-33-14-35-16;/h4-9,11,14,21-22,24,36H,10,12H2,1-3H3,(H,33,35)(H,34,37);1H4/t21-,22-,24+,27-;/m0./s1. The maximum absolute atomic E-state index is 15.6. The summed E-state index contributed by atoms with van der Waals surface area (Å²) in [5.74, 6) is -3.04. The molecule has 1 fully saturated rings. The molecule has 1 aromatic heterocycles. The number of nitrogens with one attached hydrogen (secondary N) is 3. The van der Waals surface area contributed by atoms with Gasteiger partial charge < -0.3 is 15.6 Å². The van der Waals surface area contributed by atoms with Gasteiger partial charge in [0.2, 0.25) is 5.91 Å². The molecule has 202 valence electrons. The predicted octanol–water partition coefficient (Wildman–Crippen LogP) is 6.27. The average Bonchev–Trinajstić information content (AvgIpc) is 3.45. The van der Waals surface area contributed by atoms with Crippen molar-refractivity contribution in [2.24, 2.45) is 5.41 Å². The molecule has 38 heavy (non-hydrogen) atoms. The normalized spacial score (nSPS) is 22.9. The summed E-state index contributed by atoms with van der Waals surface area (Å²) >= 11 is 12.2. The third kappa shape index (κ3) is 5.56. The minimum atomic E-state index is -1.66. The number of halogens is 4. The Morgan fingerprint density at radius 3 is 2.58 bits per heavy atom. The molecule has 0 radical (unpaired) electrons. The van der Waals surface area contributed by atoms with E-state index in [1.165, 1.54) is 30.6 Å². The van der Waals surface area contributed by atoms with Crippen molar-refractivity contribution >= 4 is 29.1 Å². The number of imidazole rings is 1. The summed E-state index contributed by atoms with van der Waals surface area (Å²) < 4.78 is 31.2. The number of benzene rings is 2. The highest BCUT2D eigenvalue weighted by molar-refractivity contribution is 6.31. The van der Waals surface area contributed by atoms with E-state index in [4.69, 9.17) is 23.2 Å². The average molecular weight is 562 g/mol. The second kappa shape index (κ2) is 11.4. The van der Waals surface area contributed by atoms with Gasteiger partial charge in [0.05, 0.1) is 35.7 Å². The first-order chi connectivity index (χ1) is 17.5. The van der Waals surface area contributed by atoms with Crippen LogP contribution in [-0.4, -0.2) is 28.0 Å². The molecule has 0 bridgehead atoms. The summed E-state index contributed by atoms with van der Waals surface area (Å²) in [6.45, 7) is 6.08. The van der Waals surface area contributed by atoms with Crippen LogP contribution >= 0.6 is 23.2 Å². The topological polar surface area (TPSA) is 93.6 Å². The van der Waals surface area contributed by atoms with Gasteiger partial charge in [0.1, 0.15) is 17.0 Å². The summed E-state index contributed by atoms with van der Waals surface area (Å²) in [5.41, 5.74) is -1.23. The number of carbonyl (C=O) groups excluding carboxylic acids is 1. The number of nitriles is 1. The summed E-state index contributed by atoms with van der Waals surface area (Å²) in [6.07, 6.45) is 3.45. The van der Waals surface area contributed by atoms with Crippen molar-refractivity contribution in [1.82, 2.24) is 20.6 Å². The number of aromatic nitrogens is 2. The van der Waals surface area contributed by atoms with Crippen LogP contribution in [0.4, 0.5) is 8.78 Å². The van der Waals surface area contributed by atoms with Crippen molar-refractivity contribution in [1.29, 1.82) is 5.26 Å². The third-order valence-electron chi connectivity index (χ3n) is 6.74. The molecule has 1 amide bonds. The fourth-order valence-corrected chi connectivity index (χ4v) is 5.57. The van der Waals surface area contributed by atoms with Crippen molar-refractivity contribution in [3.8, 4) is 6.07 Å². The van der Waals surface area contributed by atoms with Crippen LogP contribution in [-0.2, 0) is 16.8 Å². The molecule has 0 unspecified atom stereocenters. The summed E-state index contributed by atoms with van der Waals surface area (Å²) in [7, 11) is 0. The minimum absolute atomic E-state index is 0. The Morgan fingerprint density at radius 2 is 1.97 bits per heavy atom. The molecule has 2 aromatic carbocycles. The number of H-pyrrole nitrogens is 1. The highest BCUT2D eigenvalue weighted by Gasteiger charge is 2.61. The maximum Gasteiger partial charge on any atom is 0.238 e. The van der Waals surface area contributed by atoms with Gasteiger partial charge in [0.15, 0.2) is 0 Å². The lowest BCUT2D eigenvalue weighted by atomic mass is 9.62. The molecule has 3 N–H and O–H groups in total. The van der Waals surface area contributed by atoms with Gasteiger partial charge in [0, 0.05) is 28.7 Å². The Labute approximate surface area is 231 Å². The van der Waals surface area contributed by atoms with E-state index >= 15 is 8.78 Å². The molecule has 0 saturated carbocycles. The van der Waals surface area contributed by atoms with Crippen molar-refractivity contribution in [3.63, 3.8) is 0 Å². The molecule has 1 aliphatic heterocycles. The second-order valence-electron chi connectivity index (χ2n) is 10.5. The van der Waals surface area contributed by atoms with Gasteiger partial charge in [0.25, 0.3) is 0 Å². The zero-order valence-electron chi connectivity index (χ0n) is 20.6. The molecular formula is C28H31Cl2F2N5O. The summed E-state index contributed by atoms with van der Waals surface area (Å²) in [4.78, 5) is 20.5. The lowest BCUT2D eigenvalue weighted by molar-refractivity contribution is -0.123. The number of hydrogen-bond donors (Lipinski definition) is 3. The van der Waals surface area contributed by atoms with Crippen LogP contribution in [0.3, 0.4) is 0 Å². The van der Waals surface area contributed by atoms with Crippen LogP contribution in [0.25, 0.3) is 0 Å². The Morgan fingerprint density at radius 1 is 1.24 bits per heavy atom. The Bertz CT molecular complexity index is 1340. The van der Waals surface area contributed by atoms with Crippen LogP contribution < -0.4 is 10.6 Å². The van der Waals surface area contributed by atoms with Gasteiger partial charge in [-0.1, -0.05) is 69.6 Å². The van der Waals surface area contributed by atoms with Gasteiger partial charge in [-0.05, 0) is 35.6 Å². The number of amides is 1. The number of nitrogens with zero attached hydrogens (tertiary/aromatic N) is 2.